The van der Waals surface area contributed by atoms with Crippen LogP contribution in [-0.2, 0) is 0 Å². The summed E-state index contributed by atoms with van der Waals surface area (Å²) in [5, 5.41) is 2.00. The first kappa shape index (κ1) is 15.2. The summed E-state index contributed by atoms with van der Waals surface area (Å²) in [6, 6.07) is 21.8. The quantitative estimate of drug-likeness (QED) is 0.329. The van der Waals surface area contributed by atoms with Gasteiger partial charge in [-0.15, -0.1) is 11.3 Å². The highest BCUT2D eigenvalue weighted by Crippen LogP contribution is 2.13. The summed E-state index contributed by atoms with van der Waals surface area (Å²) < 4.78 is 0. The van der Waals surface area contributed by atoms with Gasteiger partial charge in [-0.05, 0) is 34.7 Å². The van der Waals surface area contributed by atoms with Gasteiger partial charge in [0, 0.05) is 10.4 Å². The fraction of sp³-hybridized carbons (Fsp3) is 0. The zero-order valence-electron chi connectivity index (χ0n) is 12.6. The molecule has 0 bridgehead atoms. The lowest BCUT2D eigenvalue weighted by Gasteiger charge is -1.98. The Kier molecular flexibility index (Phi) is 4.97. The van der Waals surface area contributed by atoms with Crippen LogP contribution in [0.3, 0.4) is 0 Å². The SMILES string of the molecule is O=C(/C=C/c1cccs1)c1ccc(/C=C/c2ccccc2)cc1. The molecule has 0 atom stereocenters. The van der Waals surface area contributed by atoms with Crippen molar-refractivity contribution in [3.8, 4) is 0 Å². The fourth-order valence-electron chi connectivity index (χ4n) is 2.16. The van der Waals surface area contributed by atoms with Crippen molar-refractivity contribution in [1.29, 1.82) is 0 Å². The van der Waals surface area contributed by atoms with Crippen LogP contribution in [0.5, 0.6) is 0 Å². The second-order valence-electron chi connectivity index (χ2n) is 5.08. The monoisotopic (exact) mass is 316 g/mol. The predicted molar refractivity (Wildman–Crippen MR) is 99.5 cm³/mol. The third kappa shape index (κ3) is 4.38. The average molecular weight is 316 g/mol. The zero-order valence-corrected chi connectivity index (χ0v) is 13.4. The van der Waals surface area contributed by atoms with Gasteiger partial charge in [-0.1, -0.05) is 72.8 Å². The van der Waals surface area contributed by atoms with Gasteiger partial charge in [0.25, 0.3) is 0 Å². The summed E-state index contributed by atoms with van der Waals surface area (Å²) in [7, 11) is 0. The van der Waals surface area contributed by atoms with Gasteiger partial charge >= 0.3 is 0 Å². The second kappa shape index (κ2) is 7.52. The minimum absolute atomic E-state index is 0.0250. The van der Waals surface area contributed by atoms with Gasteiger partial charge < -0.3 is 0 Å². The van der Waals surface area contributed by atoms with Crippen molar-refractivity contribution < 1.29 is 4.79 Å². The molecule has 0 spiro atoms. The molecule has 1 heterocycles. The molecule has 1 aromatic heterocycles. The third-order valence-corrected chi connectivity index (χ3v) is 4.24. The van der Waals surface area contributed by atoms with Crippen LogP contribution >= 0.6 is 11.3 Å². The lowest BCUT2D eigenvalue weighted by molar-refractivity contribution is 0.104. The van der Waals surface area contributed by atoms with Crippen LogP contribution in [0.15, 0.2) is 78.2 Å². The van der Waals surface area contributed by atoms with Crippen molar-refractivity contribution in [2.75, 3.05) is 0 Å². The molecule has 0 radical (unpaired) electrons. The third-order valence-electron chi connectivity index (χ3n) is 3.41. The normalized spacial score (nSPS) is 11.3. The molecule has 0 N–H and O–H groups in total. The summed E-state index contributed by atoms with van der Waals surface area (Å²) in [6.45, 7) is 0. The lowest BCUT2D eigenvalue weighted by atomic mass is 10.1. The Morgan fingerprint density at radius 3 is 2.09 bits per heavy atom. The molecule has 0 aliphatic carbocycles. The van der Waals surface area contributed by atoms with Crippen LogP contribution in [-0.4, -0.2) is 5.78 Å². The molecule has 0 fully saturated rings. The number of carbonyl (C=O) groups is 1. The summed E-state index contributed by atoms with van der Waals surface area (Å²) in [6.07, 6.45) is 7.59. The molecule has 112 valence electrons. The number of allylic oxidation sites excluding steroid dienone is 1. The van der Waals surface area contributed by atoms with E-state index in [-0.39, 0.29) is 5.78 Å². The molecule has 2 heteroatoms. The number of thiophene rings is 1. The van der Waals surface area contributed by atoms with E-state index in [0.29, 0.717) is 5.56 Å². The Morgan fingerprint density at radius 2 is 1.43 bits per heavy atom. The van der Waals surface area contributed by atoms with Crippen molar-refractivity contribution in [1.82, 2.24) is 0 Å². The van der Waals surface area contributed by atoms with Gasteiger partial charge in [-0.2, -0.15) is 0 Å². The van der Waals surface area contributed by atoms with Gasteiger partial charge in [-0.3, -0.25) is 4.79 Å². The topological polar surface area (TPSA) is 17.1 Å². The van der Waals surface area contributed by atoms with E-state index >= 15 is 0 Å². The first-order valence-corrected chi connectivity index (χ1v) is 8.28. The van der Waals surface area contributed by atoms with Crippen LogP contribution in [0, 0.1) is 0 Å². The Morgan fingerprint density at radius 1 is 0.739 bits per heavy atom. The molecule has 0 saturated carbocycles. The smallest absolute Gasteiger partial charge is 0.185 e. The van der Waals surface area contributed by atoms with E-state index in [0.717, 1.165) is 16.0 Å². The van der Waals surface area contributed by atoms with Crippen LogP contribution in [0.1, 0.15) is 26.4 Å². The average Bonchev–Trinajstić information content (AvgIpc) is 3.13. The predicted octanol–water partition coefficient (Wildman–Crippen LogP) is 5.81. The maximum Gasteiger partial charge on any atom is 0.185 e. The highest BCUT2D eigenvalue weighted by Gasteiger charge is 2.01. The Balaban J connectivity index is 1.67. The van der Waals surface area contributed by atoms with Crippen LogP contribution in [0.4, 0.5) is 0 Å². The van der Waals surface area contributed by atoms with Gasteiger partial charge in [-0.25, -0.2) is 0 Å². The summed E-state index contributed by atoms with van der Waals surface area (Å²) in [5.41, 5.74) is 2.94. The van der Waals surface area contributed by atoms with E-state index in [1.807, 2.05) is 72.1 Å². The molecule has 0 amide bonds. The molecule has 1 nitrogen and oxygen atoms in total. The number of benzene rings is 2. The van der Waals surface area contributed by atoms with Crippen molar-refractivity contribution in [2.45, 2.75) is 0 Å². The number of rotatable bonds is 5. The molecule has 0 saturated heterocycles. The second-order valence-corrected chi connectivity index (χ2v) is 6.06. The molecule has 3 aromatic rings. The van der Waals surface area contributed by atoms with E-state index in [2.05, 4.69) is 18.2 Å². The minimum Gasteiger partial charge on any atom is -0.289 e. The van der Waals surface area contributed by atoms with Crippen molar-refractivity contribution in [2.24, 2.45) is 0 Å². The van der Waals surface area contributed by atoms with Crippen LogP contribution < -0.4 is 0 Å². The number of hydrogen-bond acceptors (Lipinski definition) is 2. The van der Waals surface area contributed by atoms with Gasteiger partial charge in [0.05, 0.1) is 0 Å². The number of hydrogen-bond donors (Lipinski definition) is 0. The summed E-state index contributed by atoms with van der Waals surface area (Å²) in [5.74, 6) is 0.0250. The Labute approximate surface area is 140 Å². The van der Waals surface area contributed by atoms with Gasteiger partial charge in [0.2, 0.25) is 0 Å². The van der Waals surface area contributed by atoms with E-state index in [1.165, 1.54) is 0 Å². The van der Waals surface area contributed by atoms with E-state index in [9.17, 15) is 4.79 Å². The van der Waals surface area contributed by atoms with Crippen LogP contribution in [0.25, 0.3) is 18.2 Å². The lowest BCUT2D eigenvalue weighted by Crippen LogP contribution is -1.93. The van der Waals surface area contributed by atoms with Crippen molar-refractivity contribution in [3.05, 3.63) is 99.8 Å². The Hall–Kier alpha value is -2.71. The standard InChI is InChI=1S/C21H16OS/c22-21(15-14-20-7-4-16-23-20)19-12-10-18(11-13-19)9-8-17-5-2-1-3-6-17/h1-16H/b9-8+,15-14+. The zero-order chi connectivity index (χ0) is 15.9. The minimum atomic E-state index is 0.0250. The van der Waals surface area contributed by atoms with E-state index in [4.69, 9.17) is 0 Å². The van der Waals surface area contributed by atoms with Gasteiger partial charge in [0.15, 0.2) is 5.78 Å². The van der Waals surface area contributed by atoms with Gasteiger partial charge in [0.1, 0.15) is 0 Å². The highest BCUT2D eigenvalue weighted by molar-refractivity contribution is 7.10. The molecule has 0 aliphatic rings. The number of ketones is 1. The summed E-state index contributed by atoms with van der Waals surface area (Å²) >= 11 is 1.62. The molecular weight excluding hydrogens is 300 g/mol. The van der Waals surface area contributed by atoms with Crippen molar-refractivity contribution >= 4 is 35.3 Å². The molecule has 0 unspecified atom stereocenters. The first-order valence-electron chi connectivity index (χ1n) is 7.40. The van der Waals surface area contributed by atoms with E-state index in [1.54, 1.807) is 17.4 Å². The maximum absolute atomic E-state index is 12.1. The van der Waals surface area contributed by atoms with Crippen LogP contribution in [0.2, 0.25) is 0 Å². The number of carbonyl (C=O) groups excluding carboxylic acids is 1. The Bertz CT molecular complexity index is 810. The molecule has 2 aromatic carbocycles. The summed E-state index contributed by atoms with van der Waals surface area (Å²) in [4.78, 5) is 13.2. The van der Waals surface area contributed by atoms with E-state index < -0.39 is 0 Å². The van der Waals surface area contributed by atoms with Crippen molar-refractivity contribution in [3.63, 3.8) is 0 Å². The first-order chi connectivity index (χ1) is 11.3. The molecule has 3 rings (SSSR count). The molecule has 0 aliphatic heterocycles. The molecule has 23 heavy (non-hydrogen) atoms. The highest BCUT2D eigenvalue weighted by atomic mass is 32.1. The molecular formula is C21H16OS. The largest absolute Gasteiger partial charge is 0.289 e. The fourth-order valence-corrected chi connectivity index (χ4v) is 2.77. The maximum atomic E-state index is 12.1.